The van der Waals surface area contributed by atoms with Crippen LogP contribution in [-0.4, -0.2) is 40.9 Å². The van der Waals surface area contributed by atoms with Crippen LogP contribution in [0.4, 0.5) is 10.5 Å². The van der Waals surface area contributed by atoms with Crippen LogP contribution in [0.15, 0.2) is 97.1 Å². The number of fused-ring (bicyclic) bond motifs is 4. The van der Waals surface area contributed by atoms with Gasteiger partial charge in [0.05, 0.1) is 18.4 Å². The number of anilines is 1. The molecule has 8 heteroatoms. The molecule has 4 aromatic carbocycles. The predicted molar refractivity (Wildman–Crippen MR) is 164 cm³/mol. The number of aromatic amines is 1. The number of imide groups is 1. The maximum atomic E-state index is 14.3. The van der Waals surface area contributed by atoms with Crippen LogP contribution in [0.5, 0.6) is 5.75 Å². The predicted octanol–water partition coefficient (Wildman–Crippen LogP) is 5.90. The summed E-state index contributed by atoms with van der Waals surface area (Å²) in [5.41, 5.74) is 6.37. The topological polar surface area (TPSA) is 94.7 Å². The third kappa shape index (κ3) is 4.43. The monoisotopic (exact) mass is 570 g/mol. The normalized spacial score (nSPS) is 17.6. The van der Waals surface area contributed by atoms with Gasteiger partial charge in [-0.25, -0.2) is 9.69 Å². The van der Waals surface area contributed by atoms with E-state index in [1.807, 2.05) is 79.7 Å². The number of rotatable bonds is 6. The van der Waals surface area contributed by atoms with Crippen LogP contribution in [0.3, 0.4) is 0 Å². The van der Waals surface area contributed by atoms with Gasteiger partial charge in [-0.2, -0.15) is 0 Å². The molecule has 5 aromatic rings. The maximum Gasteiger partial charge on any atom is 0.332 e. The molecule has 2 aliphatic heterocycles. The van der Waals surface area contributed by atoms with Gasteiger partial charge in [0, 0.05) is 29.6 Å². The molecule has 0 bridgehead atoms. The second kappa shape index (κ2) is 10.5. The molecule has 0 unspecified atom stereocenters. The molecule has 2 N–H and O–H groups in total. The number of hydrogen-bond acceptors (Lipinski definition) is 4. The number of H-pyrrole nitrogens is 1. The molecule has 8 nitrogen and oxygen atoms in total. The fourth-order valence-electron chi connectivity index (χ4n) is 6.27. The van der Waals surface area contributed by atoms with Gasteiger partial charge in [-0.05, 0) is 53.9 Å². The van der Waals surface area contributed by atoms with Gasteiger partial charge < -0.3 is 15.0 Å². The minimum atomic E-state index is -0.707. The van der Waals surface area contributed by atoms with E-state index in [9.17, 15) is 14.4 Å². The third-order valence-electron chi connectivity index (χ3n) is 8.44. The van der Waals surface area contributed by atoms with E-state index in [1.165, 1.54) is 4.90 Å². The molecule has 3 heterocycles. The first kappa shape index (κ1) is 26.5. The molecule has 1 fully saturated rings. The van der Waals surface area contributed by atoms with E-state index in [0.29, 0.717) is 6.42 Å². The molecule has 214 valence electrons. The average molecular weight is 571 g/mol. The number of benzene rings is 4. The van der Waals surface area contributed by atoms with Gasteiger partial charge in [-0.15, -0.1) is 0 Å². The Hall–Kier alpha value is -5.37. The van der Waals surface area contributed by atoms with E-state index in [4.69, 9.17) is 4.74 Å². The second-order valence-corrected chi connectivity index (χ2v) is 11.0. The maximum absolute atomic E-state index is 14.3. The van der Waals surface area contributed by atoms with Crippen LogP contribution in [0.25, 0.3) is 10.9 Å². The van der Waals surface area contributed by atoms with Crippen molar-refractivity contribution in [2.24, 2.45) is 0 Å². The summed E-state index contributed by atoms with van der Waals surface area (Å²) < 4.78 is 5.21. The van der Waals surface area contributed by atoms with E-state index in [-0.39, 0.29) is 29.6 Å². The number of aromatic nitrogens is 1. The summed E-state index contributed by atoms with van der Waals surface area (Å²) in [4.78, 5) is 48.3. The summed E-state index contributed by atoms with van der Waals surface area (Å²) >= 11 is 0. The Kier molecular flexibility index (Phi) is 6.46. The van der Waals surface area contributed by atoms with Crippen molar-refractivity contribution in [2.45, 2.75) is 32.0 Å². The highest BCUT2D eigenvalue weighted by molar-refractivity contribution is 6.24. The van der Waals surface area contributed by atoms with Crippen molar-refractivity contribution in [3.8, 4) is 5.75 Å². The lowest BCUT2D eigenvalue weighted by Crippen LogP contribution is -2.44. The molecule has 0 saturated carbocycles. The van der Waals surface area contributed by atoms with Gasteiger partial charge in [-0.1, -0.05) is 72.3 Å². The van der Waals surface area contributed by atoms with Crippen LogP contribution < -0.4 is 15.0 Å². The smallest absolute Gasteiger partial charge is 0.332 e. The molecule has 2 atom stereocenters. The van der Waals surface area contributed by atoms with Crippen molar-refractivity contribution in [1.82, 2.24) is 15.2 Å². The van der Waals surface area contributed by atoms with E-state index in [0.717, 1.165) is 44.6 Å². The summed E-state index contributed by atoms with van der Waals surface area (Å²) in [6.45, 7) is 2.30. The van der Waals surface area contributed by atoms with Crippen LogP contribution in [0.2, 0.25) is 0 Å². The molecule has 7 rings (SSSR count). The van der Waals surface area contributed by atoms with Gasteiger partial charge in [0.1, 0.15) is 17.8 Å². The molecule has 0 aliphatic carbocycles. The van der Waals surface area contributed by atoms with Crippen molar-refractivity contribution < 1.29 is 19.1 Å². The number of carbonyl (C=O) groups excluding carboxylic acids is 3. The van der Waals surface area contributed by atoms with Crippen LogP contribution in [-0.2, 0) is 17.8 Å². The van der Waals surface area contributed by atoms with E-state index >= 15 is 0 Å². The summed E-state index contributed by atoms with van der Waals surface area (Å²) in [5.74, 6) is 0.0164. The van der Waals surface area contributed by atoms with Gasteiger partial charge in [0.15, 0.2) is 0 Å². The van der Waals surface area contributed by atoms with E-state index < -0.39 is 18.1 Å². The Morgan fingerprint density at radius 2 is 1.65 bits per heavy atom. The molecule has 0 radical (unpaired) electrons. The SMILES string of the molecule is COc1ccc(CNC(=O)c2ccccc2N2C(=O)[C@@H]3Cc4c([nH]c5ccccc45)[C@@H](c4ccc(C)cc4)N3C2=O)cc1. The molecule has 1 aromatic heterocycles. The van der Waals surface area contributed by atoms with Gasteiger partial charge in [-0.3, -0.25) is 14.5 Å². The van der Waals surface area contributed by atoms with Crippen molar-refractivity contribution in [3.63, 3.8) is 0 Å². The zero-order valence-electron chi connectivity index (χ0n) is 23.8. The summed E-state index contributed by atoms with van der Waals surface area (Å²) in [6, 6.07) is 28.6. The molecule has 43 heavy (non-hydrogen) atoms. The Morgan fingerprint density at radius 3 is 2.42 bits per heavy atom. The number of carbonyl (C=O) groups is 3. The lowest BCUT2D eigenvalue weighted by atomic mass is 9.88. The quantitative estimate of drug-likeness (QED) is 0.249. The number of methoxy groups -OCH3 is 1. The highest BCUT2D eigenvalue weighted by Crippen LogP contribution is 2.45. The largest absolute Gasteiger partial charge is 0.497 e. The first-order chi connectivity index (χ1) is 20.9. The highest BCUT2D eigenvalue weighted by Gasteiger charge is 2.53. The zero-order valence-corrected chi connectivity index (χ0v) is 23.8. The van der Waals surface area contributed by atoms with Crippen LogP contribution >= 0.6 is 0 Å². The third-order valence-corrected chi connectivity index (χ3v) is 8.44. The number of aryl methyl sites for hydroxylation is 1. The molecular formula is C35H30N4O4. The highest BCUT2D eigenvalue weighted by atomic mass is 16.5. The molecule has 1 saturated heterocycles. The Bertz CT molecular complexity index is 1880. The van der Waals surface area contributed by atoms with Gasteiger partial charge >= 0.3 is 6.03 Å². The van der Waals surface area contributed by atoms with Crippen LogP contribution in [0.1, 0.15) is 44.3 Å². The number of hydrogen-bond donors (Lipinski definition) is 2. The standard InChI is InChI=1S/C35H30N4O4/c1-21-11-15-23(16-12-21)32-31-27(25-7-3-5-9-28(25)37-31)19-30-34(41)39(35(42)38(30)32)29-10-6-4-8-26(29)33(40)36-20-22-13-17-24(43-2)18-14-22/h3-18,30,32,37H,19-20H2,1-2H3,(H,36,40)/t30-,32+/m0/s1. The lowest BCUT2D eigenvalue weighted by Gasteiger charge is -2.36. The molecule has 0 spiro atoms. The molecule has 4 amide bonds. The Labute approximate surface area is 248 Å². The van der Waals surface area contributed by atoms with Gasteiger partial charge in [0.25, 0.3) is 11.8 Å². The number of para-hydroxylation sites is 2. The number of ether oxygens (including phenoxy) is 1. The van der Waals surface area contributed by atoms with Crippen molar-refractivity contribution in [1.29, 1.82) is 0 Å². The fourth-order valence-corrected chi connectivity index (χ4v) is 6.27. The molecule has 2 aliphatic rings. The summed E-state index contributed by atoms with van der Waals surface area (Å²) in [6.07, 6.45) is 0.384. The fraction of sp³-hybridized carbons (Fsp3) is 0.171. The number of urea groups is 1. The minimum Gasteiger partial charge on any atom is -0.497 e. The number of nitrogens with zero attached hydrogens (tertiary/aromatic N) is 2. The first-order valence-corrected chi connectivity index (χ1v) is 14.3. The Balaban J connectivity index is 1.25. The van der Waals surface area contributed by atoms with Gasteiger partial charge in [0.2, 0.25) is 0 Å². The number of amides is 4. The molecular weight excluding hydrogens is 540 g/mol. The lowest BCUT2D eigenvalue weighted by molar-refractivity contribution is -0.120. The average Bonchev–Trinajstić information content (AvgIpc) is 3.53. The van der Waals surface area contributed by atoms with Crippen molar-refractivity contribution >= 4 is 34.4 Å². The van der Waals surface area contributed by atoms with Crippen molar-refractivity contribution in [2.75, 3.05) is 12.0 Å². The van der Waals surface area contributed by atoms with Crippen molar-refractivity contribution in [3.05, 3.63) is 131 Å². The first-order valence-electron chi connectivity index (χ1n) is 14.3. The van der Waals surface area contributed by atoms with E-state index in [2.05, 4.69) is 10.3 Å². The van der Waals surface area contributed by atoms with Crippen LogP contribution in [0, 0.1) is 6.92 Å². The minimum absolute atomic E-state index is 0.258. The zero-order chi connectivity index (χ0) is 29.7. The number of nitrogens with one attached hydrogen (secondary N) is 2. The summed E-state index contributed by atoms with van der Waals surface area (Å²) in [5, 5.41) is 3.98. The Morgan fingerprint density at radius 1 is 0.930 bits per heavy atom. The van der Waals surface area contributed by atoms with E-state index in [1.54, 1.807) is 36.3 Å². The second-order valence-electron chi connectivity index (χ2n) is 11.0. The summed E-state index contributed by atoms with van der Waals surface area (Å²) in [7, 11) is 1.60.